The lowest BCUT2D eigenvalue weighted by Crippen LogP contribution is -2.38. The molecule has 0 bridgehead atoms. The van der Waals surface area contributed by atoms with E-state index in [0.29, 0.717) is 31.9 Å². The summed E-state index contributed by atoms with van der Waals surface area (Å²) in [7, 11) is 0. The van der Waals surface area contributed by atoms with Gasteiger partial charge in [-0.05, 0) is 12.5 Å². The van der Waals surface area contributed by atoms with E-state index < -0.39 is 0 Å². The average molecular weight is 276 g/mol. The zero-order valence-electron chi connectivity index (χ0n) is 11.0. The summed E-state index contributed by atoms with van der Waals surface area (Å²) in [6.07, 6.45) is 5.82. The molecule has 1 atom stereocenters. The summed E-state index contributed by atoms with van der Waals surface area (Å²) in [5, 5.41) is 14.1. The summed E-state index contributed by atoms with van der Waals surface area (Å²) in [5.41, 5.74) is 0.338. The molecule has 3 rings (SSSR count). The van der Waals surface area contributed by atoms with E-state index in [1.54, 1.807) is 11.1 Å². The highest BCUT2D eigenvalue weighted by atomic mass is 16.5. The molecule has 8 heteroatoms. The number of amides is 1. The van der Waals surface area contributed by atoms with E-state index in [2.05, 4.69) is 20.5 Å². The largest absolute Gasteiger partial charge is 0.374 e. The van der Waals surface area contributed by atoms with Gasteiger partial charge in [0.2, 0.25) is 0 Å². The van der Waals surface area contributed by atoms with Crippen LogP contribution in [0.3, 0.4) is 0 Å². The van der Waals surface area contributed by atoms with Crippen molar-refractivity contribution in [2.24, 2.45) is 0 Å². The number of nitrogens with zero attached hydrogens (tertiary/aromatic N) is 5. The Hall–Kier alpha value is -2.22. The van der Waals surface area contributed by atoms with E-state index in [9.17, 15) is 4.79 Å². The number of hydrogen-bond acceptors (Lipinski definition) is 5. The minimum atomic E-state index is -0.116. The fourth-order valence-electron chi connectivity index (χ4n) is 2.27. The summed E-state index contributed by atoms with van der Waals surface area (Å²) < 4.78 is 7.59. The van der Waals surface area contributed by atoms with E-state index in [1.165, 1.54) is 6.20 Å². The van der Waals surface area contributed by atoms with Gasteiger partial charge in [0.05, 0.1) is 18.8 Å². The Balaban J connectivity index is 1.67. The molecule has 8 nitrogen and oxygen atoms in total. The number of nitrogens with one attached hydrogen (secondary N) is 1. The van der Waals surface area contributed by atoms with Crippen LogP contribution in [0, 0.1) is 0 Å². The molecular weight excluding hydrogens is 260 g/mol. The van der Waals surface area contributed by atoms with Crippen LogP contribution in [0.15, 0.2) is 24.7 Å². The first kappa shape index (κ1) is 12.8. The Morgan fingerprint density at radius 1 is 1.55 bits per heavy atom. The second kappa shape index (κ2) is 5.83. The van der Waals surface area contributed by atoms with Crippen molar-refractivity contribution < 1.29 is 9.53 Å². The molecular formula is C12H16N6O2. The van der Waals surface area contributed by atoms with Crippen molar-refractivity contribution in [2.45, 2.75) is 19.1 Å². The second-order valence-corrected chi connectivity index (χ2v) is 4.68. The fourth-order valence-corrected chi connectivity index (χ4v) is 2.27. The van der Waals surface area contributed by atoms with Crippen LogP contribution >= 0.6 is 0 Å². The average Bonchev–Trinajstić information content (AvgIpc) is 3.10. The maximum absolute atomic E-state index is 12.3. The van der Waals surface area contributed by atoms with Crippen LogP contribution in [0.25, 0.3) is 0 Å². The number of carbonyl (C=O) groups excluding carboxylic acids is 1. The smallest absolute Gasteiger partial charge is 0.276 e. The van der Waals surface area contributed by atoms with Gasteiger partial charge in [0.15, 0.2) is 5.69 Å². The van der Waals surface area contributed by atoms with Crippen LogP contribution in [0.2, 0.25) is 0 Å². The molecule has 1 fully saturated rings. The van der Waals surface area contributed by atoms with E-state index >= 15 is 0 Å². The summed E-state index contributed by atoms with van der Waals surface area (Å²) >= 11 is 0. The molecule has 1 saturated heterocycles. The van der Waals surface area contributed by atoms with Crippen LogP contribution in [0.4, 0.5) is 0 Å². The molecule has 1 aliphatic heterocycles. The molecule has 0 saturated carbocycles. The molecule has 0 aromatic carbocycles. The molecule has 0 aliphatic carbocycles. The van der Waals surface area contributed by atoms with Crippen molar-refractivity contribution in [3.8, 4) is 0 Å². The van der Waals surface area contributed by atoms with Crippen LogP contribution < -0.4 is 0 Å². The van der Waals surface area contributed by atoms with E-state index in [1.807, 2.05) is 16.9 Å². The van der Waals surface area contributed by atoms with E-state index in [4.69, 9.17) is 4.74 Å². The van der Waals surface area contributed by atoms with Crippen molar-refractivity contribution in [3.05, 3.63) is 30.4 Å². The summed E-state index contributed by atoms with van der Waals surface area (Å²) in [6.45, 7) is 2.48. The highest BCUT2D eigenvalue weighted by molar-refractivity contribution is 5.91. The molecule has 2 aromatic rings. The molecule has 3 heterocycles. The monoisotopic (exact) mass is 276 g/mol. The maximum atomic E-state index is 12.3. The molecule has 20 heavy (non-hydrogen) atoms. The molecule has 1 aliphatic rings. The van der Waals surface area contributed by atoms with Gasteiger partial charge in [0.25, 0.3) is 5.91 Å². The Bertz CT molecular complexity index is 538. The van der Waals surface area contributed by atoms with Crippen molar-refractivity contribution >= 4 is 5.91 Å². The summed E-state index contributed by atoms with van der Waals surface area (Å²) in [4.78, 5) is 14.0. The third kappa shape index (κ3) is 2.85. The van der Waals surface area contributed by atoms with Gasteiger partial charge < -0.3 is 9.64 Å². The first-order chi connectivity index (χ1) is 9.83. The standard InChI is InChI=1S/C12H16N6O2/c19-12(11-7-13-16-15-11)17-4-2-6-20-10(8-17)9-18-5-1-3-14-18/h1,3,5,7,10H,2,4,6,8-9H2,(H,13,15,16)/t10-/m0/s1. The molecule has 2 aromatic heterocycles. The zero-order chi connectivity index (χ0) is 13.8. The first-order valence-electron chi connectivity index (χ1n) is 6.57. The Morgan fingerprint density at radius 3 is 3.25 bits per heavy atom. The van der Waals surface area contributed by atoms with Gasteiger partial charge in [-0.2, -0.15) is 20.5 Å². The number of hydrogen-bond donors (Lipinski definition) is 1. The highest BCUT2D eigenvalue weighted by Gasteiger charge is 2.25. The molecule has 0 unspecified atom stereocenters. The number of carbonyl (C=O) groups is 1. The third-order valence-electron chi connectivity index (χ3n) is 3.22. The van der Waals surface area contributed by atoms with Gasteiger partial charge in [-0.25, -0.2) is 0 Å². The summed E-state index contributed by atoms with van der Waals surface area (Å²) in [6, 6.07) is 1.87. The minimum absolute atomic E-state index is 0.0618. The predicted molar refractivity (Wildman–Crippen MR) is 68.9 cm³/mol. The van der Waals surface area contributed by atoms with Gasteiger partial charge in [-0.15, -0.1) is 0 Å². The van der Waals surface area contributed by atoms with Gasteiger partial charge in [0.1, 0.15) is 0 Å². The molecule has 106 valence electrons. The topological polar surface area (TPSA) is 88.9 Å². The minimum Gasteiger partial charge on any atom is -0.374 e. The van der Waals surface area contributed by atoms with Crippen LogP contribution in [0.5, 0.6) is 0 Å². The lowest BCUT2D eigenvalue weighted by molar-refractivity contribution is 0.0365. The zero-order valence-corrected chi connectivity index (χ0v) is 11.0. The van der Waals surface area contributed by atoms with Crippen LogP contribution in [-0.2, 0) is 11.3 Å². The van der Waals surface area contributed by atoms with E-state index in [-0.39, 0.29) is 12.0 Å². The number of ether oxygens (including phenoxy) is 1. The van der Waals surface area contributed by atoms with Crippen LogP contribution in [0.1, 0.15) is 16.9 Å². The normalized spacial score (nSPS) is 19.8. The van der Waals surface area contributed by atoms with E-state index in [0.717, 1.165) is 6.42 Å². The Labute approximate surface area is 115 Å². The molecule has 1 amide bonds. The van der Waals surface area contributed by atoms with Gasteiger partial charge in [-0.3, -0.25) is 9.48 Å². The maximum Gasteiger partial charge on any atom is 0.276 e. The third-order valence-corrected chi connectivity index (χ3v) is 3.22. The first-order valence-corrected chi connectivity index (χ1v) is 6.57. The molecule has 0 radical (unpaired) electrons. The quantitative estimate of drug-likeness (QED) is 0.848. The second-order valence-electron chi connectivity index (χ2n) is 4.68. The van der Waals surface area contributed by atoms with Crippen molar-refractivity contribution in [3.63, 3.8) is 0 Å². The van der Waals surface area contributed by atoms with Gasteiger partial charge in [0, 0.05) is 32.1 Å². The predicted octanol–water partition coefficient (Wildman–Crippen LogP) is -0.0675. The van der Waals surface area contributed by atoms with Crippen LogP contribution in [-0.4, -0.2) is 61.8 Å². The number of aromatic nitrogens is 5. The van der Waals surface area contributed by atoms with Gasteiger partial charge >= 0.3 is 0 Å². The van der Waals surface area contributed by atoms with Crippen molar-refractivity contribution in [2.75, 3.05) is 19.7 Å². The Kier molecular flexibility index (Phi) is 3.73. The van der Waals surface area contributed by atoms with Crippen molar-refractivity contribution in [1.29, 1.82) is 0 Å². The fraction of sp³-hybridized carbons (Fsp3) is 0.500. The molecule has 0 spiro atoms. The SMILES string of the molecule is O=C(c1cn[nH]n1)N1CCCO[C@H](Cn2cccn2)C1. The Morgan fingerprint density at radius 2 is 2.50 bits per heavy atom. The number of H-pyrrole nitrogens is 1. The lowest BCUT2D eigenvalue weighted by Gasteiger charge is -2.23. The summed E-state index contributed by atoms with van der Waals surface area (Å²) in [5.74, 6) is -0.116. The van der Waals surface area contributed by atoms with Crippen molar-refractivity contribution in [1.82, 2.24) is 30.1 Å². The number of aromatic amines is 1. The lowest BCUT2D eigenvalue weighted by atomic mass is 10.3. The van der Waals surface area contributed by atoms with Gasteiger partial charge in [-0.1, -0.05) is 0 Å². The molecule has 1 N–H and O–H groups in total. The highest BCUT2D eigenvalue weighted by Crippen LogP contribution is 2.10. The number of rotatable bonds is 3.